The molecule has 19 nitrogen and oxygen atoms in total. The number of nitrogens with zero attached hydrogens (tertiary/aromatic N) is 2. The highest BCUT2D eigenvalue weighted by Gasteiger charge is 2.48. The van der Waals surface area contributed by atoms with E-state index < -0.39 is 111 Å². The van der Waals surface area contributed by atoms with Crippen LogP contribution in [0.5, 0.6) is 0 Å². The number of allylic oxidation sites excluding steroid dienone is 3. The van der Waals surface area contributed by atoms with Crippen LogP contribution in [0, 0.1) is 35.5 Å². The Balaban J connectivity index is 0.00000219. The predicted octanol–water partition coefficient (Wildman–Crippen LogP) is 2.41. The zero-order valence-electron chi connectivity index (χ0n) is 41.1. The van der Waals surface area contributed by atoms with Gasteiger partial charge in [0.1, 0.15) is 30.5 Å². The second-order valence-electron chi connectivity index (χ2n) is 19.5. The summed E-state index contributed by atoms with van der Waals surface area (Å²) in [6, 6.07) is -0.684. The molecule has 3 unspecified atom stereocenters. The van der Waals surface area contributed by atoms with E-state index in [-0.39, 0.29) is 24.7 Å². The van der Waals surface area contributed by atoms with Crippen LogP contribution in [0.2, 0.25) is 0 Å². The molecule has 4 aliphatic rings. The molecule has 0 aromatic rings. The smallest absolute Gasteiger partial charge is 0.462 e. The zero-order chi connectivity index (χ0) is 49.8. The molecule has 4 rings (SSSR count). The van der Waals surface area contributed by atoms with Crippen molar-refractivity contribution in [3.05, 3.63) is 23.8 Å². The SMILES string of the molecule is CC[C@H]1OC(=O)CC(O)[C@H](C)[C@@H](O[C@@H]2O[C@H](C)[C@@H](O)[C@H](N(C)C)[C@H]2O)[C@@H](CCN2CC(C)CC(C)C2)C[C@@H](C)C(=O)/C=C/C(C)=C/[C@@H]1CO[C@@H]1O[C@H](C)[C@@H](O)[C@@H](OC)[C@H]1OC.O=P(O)(O)O. The van der Waals surface area contributed by atoms with Crippen molar-refractivity contribution in [2.24, 2.45) is 35.5 Å². The van der Waals surface area contributed by atoms with Gasteiger partial charge >= 0.3 is 13.8 Å². The first-order valence-electron chi connectivity index (χ1n) is 23.4. The number of likely N-dealkylation sites (N-methyl/N-ethyl adjacent to an activating group) is 1. The number of likely N-dealkylation sites (tertiary alicyclic amines) is 1. The lowest BCUT2D eigenvalue weighted by Crippen LogP contribution is -2.63. The summed E-state index contributed by atoms with van der Waals surface area (Å²) in [5.41, 5.74) is 0.761. The number of phosphoric acid groups is 1. The van der Waals surface area contributed by atoms with Gasteiger partial charge in [-0.05, 0) is 90.9 Å². The van der Waals surface area contributed by atoms with E-state index in [1.807, 2.05) is 33.8 Å². The number of esters is 1. The molecule has 0 radical (unpaired) electrons. The fourth-order valence-corrected chi connectivity index (χ4v) is 10.0. The van der Waals surface area contributed by atoms with Gasteiger partial charge in [0.25, 0.3) is 0 Å². The third-order valence-corrected chi connectivity index (χ3v) is 13.5. The van der Waals surface area contributed by atoms with E-state index >= 15 is 0 Å². The Hall–Kier alpha value is -1.75. The molecule has 0 amide bonds. The van der Waals surface area contributed by atoms with Gasteiger partial charge in [-0.2, -0.15) is 0 Å². The van der Waals surface area contributed by atoms with Gasteiger partial charge in [-0.25, -0.2) is 4.57 Å². The van der Waals surface area contributed by atoms with Crippen LogP contribution in [0.15, 0.2) is 23.8 Å². The summed E-state index contributed by atoms with van der Waals surface area (Å²) < 4.78 is 51.5. The monoisotopic (exact) mass is 967 g/mol. The molecule has 3 fully saturated rings. The van der Waals surface area contributed by atoms with Crippen molar-refractivity contribution in [3.8, 4) is 0 Å². The molecule has 7 N–H and O–H groups in total. The average Bonchev–Trinajstić information content (AvgIpc) is 3.22. The maximum Gasteiger partial charge on any atom is 0.466 e. The summed E-state index contributed by atoms with van der Waals surface area (Å²) in [7, 11) is 1.90. The Labute approximate surface area is 392 Å². The number of cyclic esters (lactones) is 1. The minimum atomic E-state index is -4.64. The summed E-state index contributed by atoms with van der Waals surface area (Å²) in [4.78, 5) is 53.6. The Morgan fingerprint density at radius 1 is 0.818 bits per heavy atom. The van der Waals surface area contributed by atoms with Crippen molar-refractivity contribution in [2.75, 3.05) is 54.6 Å². The van der Waals surface area contributed by atoms with Crippen LogP contribution >= 0.6 is 7.82 Å². The molecule has 0 aromatic carbocycles. The molecule has 4 heterocycles. The first-order valence-corrected chi connectivity index (χ1v) is 25.0. The number of rotatable bonds is 12. The molecule has 0 aliphatic carbocycles. The number of aliphatic hydroxyl groups is 4. The summed E-state index contributed by atoms with van der Waals surface area (Å²) in [5, 5.41) is 45.3. The van der Waals surface area contributed by atoms with Crippen molar-refractivity contribution in [3.63, 3.8) is 0 Å². The van der Waals surface area contributed by atoms with Crippen molar-refractivity contribution in [2.45, 2.75) is 167 Å². The summed E-state index contributed by atoms with van der Waals surface area (Å²) >= 11 is 0. The average molecular weight is 967 g/mol. The third kappa shape index (κ3) is 17.6. The molecule has 20 heteroatoms. The molecule has 0 saturated carbocycles. The van der Waals surface area contributed by atoms with Crippen LogP contribution in [0.4, 0.5) is 0 Å². The van der Waals surface area contributed by atoms with Crippen LogP contribution in [0.25, 0.3) is 0 Å². The Bertz CT molecular complexity index is 1580. The number of hydrogen-bond donors (Lipinski definition) is 7. The number of hydrogen-bond acceptors (Lipinski definition) is 16. The van der Waals surface area contributed by atoms with Gasteiger partial charge in [0.15, 0.2) is 18.4 Å². The van der Waals surface area contributed by atoms with Gasteiger partial charge in [-0.1, -0.05) is 52.3 Å². The first kappa shape index (κ1) is 58.6. The number of ketones is 1. The molecule has 0 spiro atoms. The predicted molar refractivity (Wildman–Crippen MR) is 243 cm³/mol. The largest absolute Gasteiger partial charge is 0.466 e. The zero-order valence-corrected chi connectivity index (χ0v) is 42.0. The maximum atomic E-state index is 14.0. The van der Waals surface area contributed by atoms with Gasteiger partial charge in [-0.3, -0.25) is 9.59 Å². The fourth-order valence-electron chi connectivity index (χ4n) is 10.0. The van der Waals surface area contributed by atoms with Crippen molar-refractivity contribution in [1.82, 2.24) is 9.80 Å². The summed E-state index contributed by atoms with van der Waals surface area (Å²) in [6.07, 6.45) is -2.96. The molecular weight excluding hydrogens is 883 g/mol. The molecule has 384 valence electrons. The van der Waals surface area contributed by atoms with E-state index in [0.29, 0.717) is 31.1 Å². The standard InChI is InChI=1S/C46H80N2O13.H3O4P/c1-13-36-33(24-57-46-44(56-12)43(55-11)40(53)31(8)59-46)19-25(2)14-15-34(49)28(5)20-32(16-17-48-22-26(3)18-27(4)23-48)42(29(6)35(50)21-37(51)60-36)61-45-41(54)38(47(9)10)39(52)30(7)58-45;1-5(2,3)4/h14-15,19,26-33,35-36,38-46,50,52-54H,13,16-18,20-24H2,1-12H3;(H3,1,2,3,4)/b15-14+,25-19+;/t26?,27?,28-,29+,30-,31-,32+,33-,35?,36-,38+,39-,40-,41-,42-,43-,44-,45+,46-;/m1./s1. The highest BCUT2D eigenvalue weighted by atomic mass is 31.2. The van der Waals surface area contributed by atoms with Crippen LogP contribution in [-0.4, -0.2) is 191 Å². The lowest BCUT2D eigenvalue weighted by atomic mass is 9.79. The van der Waals surface area contributed by atoms with Crippen molar-refractivity contribution >= 4 is 19.6 Å². The minimum absolute atomic E-state index is 0.0427. The Morgan fingerprint density at radius 2 is 1.39 bits per heavy atom. The van der Waals surface area contributed by atoms with E-state index in [4.69, 9.17) is 52.4 Å². The molecule has 0 aromatic heterocycles. The second-order valence-corrected chi connectivity index (χ2v) is 20.5. The number of ether oxygens (including phenoxy) is 7. The van der Waals surface area contributed by atoms with E-state index in [1.54, 1.807) is 45.0 Å². The Morgan fingerprint density at radius 3 is 1.95 bits per heavy atom. The van der Waals surface area contributed by atoms with Gasteiger partial charge in [-0.15, -0.1) is 0 Å². The number of aliphatic hydroxyl groups excluding tert-OH is 4. The first-order chi connectivity index (χ1) is 30.8. The van der Waals surface area contributed by atoms with Crippen LogP contribution < -0.4 is 0 Å². The molecule has 3 saturated heterocycles. The Kier molecular flexibility index (Phi) is 24.0. The number of methoxy groups -OCH3 is 2. The molecule has 66 heavy (non-hydrogen) atoms. The van der Waals surface area contributed by atoms with Gasteiger partial charge in [0.05, 0.1) is 49.6 Å². The summed E-state index contributed by atoms with van der Waals surface area (Å²) in [5.74, 6) is -1.46. The lowest BCUT2D eigenvalue weighted by molar-refractivity contribution is -0.304. The number of carbonyl (C=O) groups is 2. The molecule has 0 bridgehead atoms. The van der Waals surface area contributed by atoms with Gasteiger partial charge in [0.2, 0.25) is 0 Å². The highest BCUT2D eigenvalue weighted by Crippen LogP contribution is 2.36. The fraction of sp³-hybridized carbons (Fsp3) is 0.870. The third-order valence-electron chi connectivity index (χ3n) is 13.5. The van der Waals surface area contributed by atoms with E-state index in [9.17, 15) is 30.0 Å². The highest BCUT2D eigenvalue weighted by molar-refractivity contribution is 7.45. The second kappa shape index (κ2) is 27.0. The maximum absolute atomic E-state index is 14.0. The van der Waals surface area contributed by atoms with Crippen molar-refractivity contribution in [1.29, 1.82) is 0 Å². The number of carbonyl (C=O) groups excluding carboxylic acids is 2. The minimum Gasteiger partial charge on any atom is -0.462 e. The van der Waals surface area contributed by atoms with Crippen LogP contribution in [-0.2, 0) is 47.3 Å². The lowest BCUT2D eigenvalue weighted by Gasteiger charge is -2.47. The molecule has 4 aliphatic heterocycles. The molecular formula is C46H83N2O17P. The summed E-state index contributed by atoms with van der Waals surface area (Å²) in [6.45, 7) is 18.2. The van der Waals surface area contributed by atoms with E-state index in [1.165, 1.54) is 20.6 Å². The van der Waals surface area contributed by atoms with E-state index in [2.05, 4.69) is 18.7 Å². The van der Waals surface area contributed by atoms with Crippen molar-refractivity contribution < 1.29 is 82.4 Å². The van der Waals surface area contributed by atoms with E-state index in [0.717, 1.165) is 25.2 Å². The normalized spacial score (nSPS) is 41.9. The van der Waals surface area contributed by atoms with Gasteiger partial charge < -0.3 is 78.1 Å². The van der Waals surface area contributed by atoms with Gasteiger partial charge in [0, 0.05) is 45.1 Å². The quantitative estimate of drug-likeness (QED) is 0.109. The molecule has 19 atom stereocenters. The van der Waals surface area contributed by atoms with Crippen LogP contribution in [0.3, 0.4) is 0 Å². The number of piperidine rings is 1. The van der Waals surface area contributed by atoms with Crippen LogP contribution in [0.1, 0.15) is 87.5 Å². The topological polar surface area (TPSA) is 264 Å².